The quantitative estimate of drug-likeness (QED) is 0.213. The van der Waals surface area contributed by atoms with Crippen LogP contribution in [0, 0.1) is 0 Å². The van der Waals surface area contributed by atoms with Crippen LogP contribution in [0.25, 0.3) is 22.4 Å². The number of halogens is 2. The predicted octanol–water partition coefficient (Wildman–Crippen LogP) is 4.87. The smallest absolute Gasteiger partial charge is 0.237 e. The molecule has 2 aliphatic rings. The topological polar surface area (TPSA) is 121 Å². The molecule has 2 N–H and O–H groups in total. The summed E-state index contributed by atoms with van der Waals surface area (Å²) in [5, 5.41) is 20.3. The number of hydrogen-bond acceptors (Lipinski definition) is 10. The molecule has 1 fully saturated rings. The second-order valence-corrected chi connectivity index (χ2v) is 13.0. The van der Waals surface area contributed by atoms with E-state index in [0.29, 0.717) is 93.7 Å². The molecule has 4 aromatic rings. The van der Waals surface area contributed by atoms with Gasteiger partial charge in [0.2, 0.25) is 5.88 Å². The molecule has 6 rings (SSSR count). The summed E-state index contributed by atoms with van der Waals surface area (Å²) in [5.41, 5.74) is 5.30. The Morgan fingerprint density at radius 2 is 1.72 bits per heavy atom. The Bertz CT molecular complexity index is 1810. The van der Waals surface area contributed by atoms with Gasteiger partial charge in [-0.05, 0) is 18.9 Å². The van der Waals surface area contributed by atoms with Gasteiger partial charge in [0.15, 0.2) is 5.78 Å². The highest BCUT2D eigenvalue weighted by molar-refractivity contribution is 6.38. The third-order valence-electron chi connectivity index (χ3n) is 8.64. The van der Waals surface area contributed by atoms with Gasteiger partial charge in [0, 0.05) is 74.0 Å². The Morgan fingerprint density at radius 3 is 2.43 bits per heavy atom. The van der Waals surface area contributed by atoms with Crippen molar-refractivity contribution >= 4 is 29.0 Å². The largest absolute Gasteiger partial charge is 0.496 e. The summed E-state index contributed by atoms with van der Waals surface area (Å²) >= 11 is 14.0. The van der Waals surface area contributed by atoms with Crippen molar-refractivity contribution in [2.45, 2.75) is 38.5 Å². The average molecular weight is 679 g/mol. The van der Waals surface area contributed by atoms with Gasteiger partial charge in [-0.15, -0.1) is 0 Å². The molecule has 0 saturated carbocycles. The van der Waals surface area contributed by atoms with Crippen LogP contribution < -0.4 is 9.47 Å². The van der Waals surface area contributed by atoms with E-state index in [4.69, 9.17) is 42.6 Å². The first-order chi connectivity index (χ1) is 22.6. The van der Waals surface area contributed by atoms with Crippen LogP contribution in [0.1, 0.15) is 39.9 Å². The number of aliphatic hydroxyl groups is 2. The highest BCUT2D eigenvalue weighted by atomic mass is 35.5. The van der Waals surface area contributed by atoms with Crippen LogP contribution in [-0.2, 0) is 25.9 Å². The normalized spacial score (nSPS) is 16.0. The van der Waals surface area contributed by atoms with Crippen molar-refractivity contribution in [3.05, 3.63) is 86.9 Å². The highest BCUT2D eigenvalue weighted by Crippen LogP contribution is 2.40. The number of fused-ring (bicyclic) bond motifs is 1. The molecule has 0 spiro atoms. The molecule has 2 aromatic heterocycles. The summed E-state index contributed by atoms with van der Waals surface area (Å²) in [6.45, 7) is 5.37. The summed E-state index contributed by atoms with van der Waals surface area (Å²) in [6.07, 6.45) is 2.44. The Kier molecular flexibility index (Phi) is 9.80. The summed E-state index contributed by atoms with van der Waals surface area (Å²) in [6, 6.07) is 12.9. The molecule has 0 unspecified atom stereocenters. The third kappa shape index (κ3) is 6.99. The number of β-amino-alcohol motifs (C(OH)–C–C–N with tert-alkyl or cyclic N) is 2. The van der Waals surface area contributed by atoms with Gasteiger partial charge in [0.1, 0.15) is 17.1 Å². The van der Waals surface area contributed by atoms with Gasteiger partial charge in [-0.3, -0.25) is 19.6 Å². The van der Waals surface area contributed by atoms with Gasteiger partial charge in [0.25, 0.3) is 0 Å². The zero-order valence-electron chi connectivity index (χ0n) is 26.6. The van der Waals surface area contributed by atoms with Crippen molar-refractivity contribution < 1.29 is 24.5 Å². The van der Waals surface area contributed by atoms with E-state index in [1.807, 2.05) is 43.3 Å². The number of aliphatic hydroxyl groups excluding tert-OH is 1. The lowest BCUT2D eigenvalue weighted by Crippen LogP contribution is -2.59. The minimum absolute atomic E-state index is 0.0376. The first kappa shape index (κ1) is 33.3. The van der Waals surface area contributed by atoms with Gasteiger partial charge >= 0.3 is 0 Å². The van der Waals surface area contributed by atoms with Crippen molar-refractivity contribution in [1.29, 1.82) is 0 Å². The number of nitrogens with zero attached hydrogens (tertiary/aromatic N) is 5. The van der Waals surface area contributed by atoms with E-state index in [-0.39, 0.29) is 18.8 Å². The van der Waals surface area contributed by atoms with Gasteiger partial charge in [-0.2, -0.15) is 0 Å². The van der Waals surface area contributed by atoms with Crippen molar-refractivity contribution in [2.75, 3.05) is 47.0 Å². The van der Waals surface area contributed by atoms with E-state index in [2.05, 4.69) is 14.8 Å². The van der Waals surface area contributed by atoms with Crippen LogP contribution >= 0.6 is 23.2 Å². The van der Waals surface area contributed by atoms with Crippen molar-refractivity contribution in [2.24, 2.45) is 0 Å². The molecule has 0 aliphatic carbocycles. The molecule has 10 nitrogen and oxygen atoms in total. The summed E-state index contributed by atoms with van der Waals surface area (Å²) in [4.78, 5) is 31.8. The maximum Gasteiger partial charge on any atom is 0.237 e. The maximum absolute atomic E-state index is 13.6. The Balaban J connectivity index is 1.25. The average Bonchev–Trinajstić information content (AvgIpc) is 3.05. The summed E-state index contributed by atoms with van der Waals surface area (Å²) in [7, 11) is 3.15. The Morgan fingerprint density at radius 1 is 1.00 bits per heavy atom. The fourth-order valence-corrected chi connectivity index (χ4v) is 7.00. The second-order valence-electron chi connectivity index (χ2n) is 12.3. The van der Waals surface area contributed by atoms with Crippen LogP contribution in [0.3, 0.4) is 0 Å². The molecule has 1 saturated heterocycles. The monoisotopic (exact) mass is 677 g/mol. The van der Waals surface area contributed by atoms with Crippen LogP contribution in [0.2, 0.25) is 10.0 Å². The fourth-order valence-electron chi connectivity index (χ4n) is 6.38. The van der Waals surface area contributed by atoms with Crippen molar-refractivity contribution in [1.82, 2.24) is 24.8 Å². The molecule has 0 bridgehead atoms. The lowest BCUT2D eigenvalue weighted by Gasteiger charge is -2.44. The minimum Gasteiger partial charge on any atom is -0.496 e. The van der Waals surface area contributed by atoms with Crippen LogP contribution in [0.15, 0.2) is 48.7 Å². The number of rotatable bonds is 11. The zero-order valence-corrected chi connectivity index (χ0v) is 28.1. The lowest BCUT2D eigenvalue weighted by atomic mass is 9.96. The third-order valence-corrected chi connectivity index (χ3v) is 9.50. The number of ether oxygens (including phenoxy) is 2. The molecule has 47 heavy (non-hydrogen) atoms. The van der Waals surface area contributed by atoms with E-state index >= 15 is 0 Å². The van der Waals surface area contributed by atoms with E-state index in [0.717, 1.165) is 24.2 Å². The number of aromatic nitrogens is 3. The van der Waals surface area contributed by atoms with Crippen LogP contribution in [0.5, 0.6) is 11.6 Å². The summed E-state index contributed by atoms with van der Waals surface area (Å²) in [5.74, 6) is 0.850. The molecule has 2 aliphatic heterocycles. The molecule has 4 heterocycles. The molecule has 0 amide bonds. The Labute approximate surface area is 283 Å². The molecule has 0 radical (unpaired) electrons. The van der Waals surface area contributed by atoms with E-state index < -0.39 is 5.60 Å². The van der Waals surface area contributed by atoms with Gasteiger partial charge in [-0.1, -0.05) is 59.6 Å². The zero-order chi connectivity index (χ0) is 33.3. The van der Waals surface area contributed by atoms with Crippen molar-refractivity contribution in [3.8, 4) is 34.0 Å². The lowest BCUT2D eigenvalue weighted by molar-refractivity contribution is -0.0878. The van der Waals surface area contributed by atoms with E-state index in [9.17, 15) is 15.0 Å². The maximum atomic E-state index is 13.6. The number of benzene rings is 2. The minimum atomic E-state index is -0.685. The second kappa shape index (κ2) is 13.8. The number of Topliss-reactive ketones (excluding diaryl/α,β-unsaturated/α-hetero) is 1. The van der Waals surface area contributed by atoms with Crippen molar-refractivity contribution in [3.63, 3.8) is 0 Å². The van der Waals surface area contributed by atoms with Gasteiger partial charge < -0.3 is 19.7 Å². The van der Waals surface area contributed by atoms with Crippen LogP contribution in [0.4, 0.5) is 0 Å². The molecule has 246 valence electrons. The number of hydrogen-bond donors (Lipinski definition) is 2. The SMILES string of the molecule is COc1cc(C(=O)Cc2cccc(-c3cccc(-c4cnc(CN5CC(C)(O)C5)c(OC)n4)c3Cl)c2Cl)nc2c1CCN(CCO)C2. The first-order valence-electron chi connectivity index (χ1n) is 15.4. The first-order valence-corrected chi connectivity index (χ1v) is 16.2. The Hall–Kier alpha value is -3.64. The highest BCUT2D eigenvalue weighted by Gasteiger charge is 2.37. The number of ketones is 1. The van der Waals surface area contributed by atoms with Gasteiger partial charge in [0.05, 0.1) is 54.1 Å². The standard InChI is InChI=1S/C35H37Cl2N5O5/c1-35(45)19-42(20-35)18-29-34(47-3)40-27(16-38-29)25-9-5-8-23(33(25)37)22-7-4-6-21(32(22)36)14-30(44)26-15-31(46-2)24-10-11-41(12-13-43)17-28(24)39-26/h4-9,15-16,43,45H,10-14,17-20H2,1-3H3. The molecular formula is C35H37Cl2N5O5. The molecule has 2 aromatic carbocycles. The van der Waals surface area contributed by atoms with E-state index in [1.54, 1.807) is 26.5 Å². The molecule has 12 heteroatoms. The van der Waals surface area contributed by atoms with E-state index in [1.165, 1.54) is 0 Å². The molecular weight excluding hydrogens is 641 g/mol. The number of methoxy groups -OCH3 is 2. The number of carbonyl (C=O) groups excluding carboxylic acids is 1. The molecule has 0 atom stereocenters. The summed E-state index contributed by atoms with van der Waals surface area (Å²) < 4.78 is 11.2. The van der Waals surface area contributed by atoms with Gasteiger partial charge in [-0.25, -0.2) is 9.97 Å². The number of pyridine rings is 1. The predicted molar refractivity (Wildman–Crippen MR) is 180 cm³/mol. The fraction of sp³-hybridized carbons (Fsp3) is 0.371. The number of likely N-dealkylation sites (tertiary alicyclic amines) is 1. The number of carbonyl (C=O) groups is 1. The van der Waals surface area contributed by atoms with Crippen LogP contribution in [-0.4, -0.2) is 93.4 Å².